The predicted molar refractivity (Wildman–Crippen MR) is 101 cm³/mol. The molecule has 2 aliphatic rings. The van der Waals surface area contributed by atoms with E-state index in [1.165, 1.54) is 17.9 Å². The van der Waals surface area contributed by atoms with Gasteiger partial charge in [0.2, 0.25) is 6.04 Å². The maximum Gasteiger partial charge on any atom is 0.501 e. The Bertz CT molecular complexity index is 919. The van der Waals surface area contributed by atoms with Gasteiger partial charge in [0.1, 0.15) is 12.3 Å². The minimum atomic E-state index is -0.854. The van der Waals surface area contributed by atoms with Crippen LogP contribution in [0.2, 0.25) is 0 Å². The van der Waals surface area contributed by atoms with Crippen molar-refractivity contribution in [3.63, 3.8) is 0 Å². The van der Waals surface area contributed by atoms with E-state index < -0.39 is 23.9 Å². The summed E-state index contributed by atoms with van der Waals surface area (Å²) >= 11 is 0. The maximum atomic E-state index is 12.8. The molecule has 2 aliphatic heterocycles. The van der Waals surface area contributed by atoms with Gasteiger partial charge in [-0.3, -0.25) is 9.79 Å². The van der Waals surface area contributed by atoms with Crippen molar-refractivity contribution in [2.24, 2.45) is 10.7 Å². The van der Waals surface area contributed by atoms with Crippen molar-refractivity contribution in [2.45, 2.75) is 12.5 Å². The van der Waals surface area contributed by atoms with Crippen molar-refractivity contribution in [3.8, 4) is 11.5 Å². The fraction of sp³-hybridized carbons (Fsp3) is 0.316. The van der Waals surface area contributed by atoms with Crippen LogP contribution in [-0.2, 0) is 16.0 Å². The number of carbonyl (C=O) groups excluding carboxylic acids is 3. The number of carbonyl (C=O) groups is 3. The number of allylic oxidation sites excluding steroid dienone is 1. The molecule has 1 atom stereocenters. The number of nitrogens with zero attached hydrogens (tertiary/aromatic N) is 3. The number of benzene rings is 1. The first-order valence-corrected chi connectivity index (χ1v) is 8.65. The summed E-state index contributed by atoms with van der Waals surface area (Å²) in [5.74, 6) is 0.0504. The van der Waals surface area contributed by atoms with Crippen molar-refractivity contribution in [1.82, 2.24) is 4.90 Å². The highest BCUT2D eigenvalue weighted by molar-refractivity contribution is 6.20. The Morgan fingerprint density at radius 1 is 1.25 bits per heavy atom. The molecule has 1 aromatic rings. The smallest absolute Gasteiger partial charge is 0.493 e. The van der Waals surface area contributed by atoms with E-state index in [0.29, 0.717) is 23.6 Å². The van der Waals surface area contributed by atoms with Gasteiger partial charge in [0.25, 0.3) is 5.91 Å². The van der Waals surface area contributed by atoms with Crippen molar-refractivity contribution in [1.29, 1.82) is 0 Å². The molecule has 0 saturated carbocycles. The molecule has 0 saturated heterocycles. The van der Waals surface area contributed by atoms with E-state index >= 15 is 0 Å². The SMILES string of the molecule is COc1ccc(CCN2C(=O)C3N=CC=CC3=[N+](CC(N)=O)C2=O)cc1OC. The van der Waals surface area contributed by atoms with Gasteiger partial charge in [0, 0.05) is 12.6 Å². The lowest BCUT2D eigenvalue weighted by atomic mass is 10.0. The minimum absolute atomic E-state index is 0.130. The lowest BCUT2D eigenvalue weighted by Gasteiger charge is -2.25. The van der Waals surface area contributed by atoms with Crippen LogP contribution in [0.15, 0.2) is 35.3 Å². The Labute approximate surface area is 161 Å². The zero-order valence-corrected chi connectivity index (χ0v) is 15.6. The summed E-state index contributed by atoms with van der Waals surface area (Å²) in [4.78, 5) is 42.3. The van der Waals surface area contributed by atoms with Crippen LogP contribution < -0.4 is 15.2 Å². The molecule has 2 heterocycles. The van der Waals surface area contributed by atoms with E-state index in [1.807, 2.05) is 6.07 Å². The van der Waals surface area contributed by atoms with Crippen molar-refractivity contribution < 1.29 is 28.4 Å². The van der Waals surface area contributed by atoms with Crippen LogP contribution in [0.4, 0.5) is 4.79 Å². The molecule has 0 spiro atoms. The van der Waals surface area contributed by atoms with Crippen LogP contribution in [0.3, 0.4) is 0 Å². The zero-order valence-electron chi connectivity index (χ0n) is 15.6. The zero-order chi connectivity index (χ0) is 20.3. The standard InChI is InChI=1S/C19H20N4O5/c1-27-14-6-5-12(10-15(14)28-2)7-9-22-18(25)17-13(4-3-8-21-17)23(19(22)26)11-16(20)24/h3-6,8,10,17H,7,9,11H2,1-2H3,(H-,20,24)/p+1. The highest BCUT2D eigenvalue weighted by Crippen LogP contribution is 2.28. The van der Waals surface area contributed by atoms with Gasteiger partial charge in [-0.05, 0) is 29.8 Å². The second-order valence-electron chi connectivity index (χ2n) is 6.25. The first kappa shape index (κ1) is 19.3. The van der Waals surface area contributed by atoms with Crippen LogP contribution in [0.1, 0.15) is 5.56 Å². The third kappa shape index (κ3) is 3.64. The number of aliphatic imine (C=N–C) groups is 1. The maximum absolute atomic E-state index is 12.8. The number of imide groups is 1. The second-order valence-corrected chi connectivity index (χ2v) is 6.25. The minimum Gasteiger partial charge on any atom is -0.493 e. The van der Waals surface area contributed by atoms with Gasteiger partial charge in [0.05, 0.1) is 14.2 Å². The van der Waals surface area contributed by atoms with Gasteiger partial charge < -0.3 is 15.2 Å². The molecule has 0 bridgehead atoms. The van der Waals surface area contributed by atoms with Gasteiger partial charge in [0.15, 0.2) is 18.0 Å². The van der Waals surface area contributed by atoms with Crippen LogP contribution in [0.5, 0.6) is 11.5 Å². The number of nitrogens with two attached hydrogens (primary N) is 1. The number of urea groups is 1. The number of fused-ring (bicyclic) bond motifs is 1. The van der Waals surface area contributed by atoms with Gasteiger partial charge in [-0.25, -0.2) is 4.79 Å². The molecule has 146 valence electrons. The highest BCUT2D eigenvalue weighted by Gasteiger charge is 2.47. The topological polar surface area (TPSA) is 114 Å². The Morgan fingerprint density at radius 3 is 2.68 bits per heavy atom. The quantitative estimate of drug-likeness (QED) is 0.672. The molecular weight excluding hydrogens is 364 g/mol. The first-order valence-electron chi connectivity index (χ1n) is 8.65. The number of ether oxygens (including phenoxy) is 2. The molecule has 2 N–H and O–H groups in total. The number of dihydropyridines is 1. The number of hydrogen-bond donors (Lipinski definition) is 1. The third-order valence-corrected chi connectivity index (χ3v) is 4.53. The van der Waals surface area contributed by atoms with Crippen LogP contribution in [-0.4, -0.2) is 72.6 Å². The fourth-order valence-corrected chi connectivity index (χ4v) is 3.17. The van der Waals surface area contributed by atoms with Gasteiger partial charge in [-0.1, -0.05) is 6.07 Å². The van der Waals surface area contributed by atoms with E-state index in [1.54, 1.807) is 31.4 Å². The predicted octanol–water partition coefficient (Wildman–Crippen LogP) is 0.157. The van der Waals surface area contributed by atoms with Crippen LogP contribution >= 0.6 is 0 Å². The first-order chi connectivity index (χ1) is 13.5. The molecule has 3 rings (SSSR count). The van der Waals surface area contributed by atoms with Crippen LogP contribution in [0.25, 0.3) is 0 Å². The lowest BCUT2D eigenvalue weighted by molar-refractivity contribution is -0.427. The van der Waals surface area contributed by atoms with Crippen molar-refractivity contribution >= 4 is 29.8 Å². The van der Waals surface area contributed by atoms with Crippen molar-refractivity contribution in [2.75, 3.05) is 27.3 Å². The Balaban J connectivity index is 1.84. The summed E-state index contributed by atoms with van der Waals surface area (Å²) < 4.78 is 11.7. The molecular formula is C19H21N4O5+. The summed E-state index contributed by atoms with van der Waals surface area (Å²) in [5, 5.41) is 0. The molecule has 0 aromatic heterocycles. The second kappa shape index (κ2) is 8.03. The summed E-state index contributed by atoms with van der Waals surface area (Å²) in [6.45, 7) is -0.184. The fourth-order valence-electron chi connectivity index (χ4n) is 3.17. The molecule has 9 nitrogen and oxygen atoms in total. The van der Waals surface area contributed by atoms with Crippen LogP contribution in [0, 0.1) is 0 Å². The van der Waals surface area contributed by atoms with Gasteiger partial charge in [-0.15, -0.1) is 0 Å². The number of methoxy groups -OCH3 is 2. The van der Waals surface area contributed by atoms with Gasteiger partial charge in [-0.2, -0.15) is 14.3 Å². The summed E-state index contributed by atoms with van der Waals surface area (Å²) in [7, 11) is 3.08. The molecule has 0 radical (unpaired) electrons. The van der Waals surface area contributed by atoms with Crippen molar-refractivity contribution in [3.05, 3.63) is 35.9 Å². The average molecular weight is 385 g/mol. The Kier molecular flexibility index (Phi) is 5.53. The lowest BCUT2D eigenvalue weighted by Crippen LogP contribution is -2.58. The average Bonchev–Trinajstić information content (AvgIpc) is 2.70. The normalized spacial score (nSPS) is 18.4. The molecule has 0 aliphatic carbocycles. The molecule has 1 aromatic carbocycles. The van der Waals surface area contributed by atoms with E-state index in [-0.39, 0.29) is 13.1 Å². The Hall–Kier alpha value is -3.49. The number of hydrogen-bond acceptors (Lipinski definition) is 6. The highest BCUT2D eigenvalue weighted by atomic mass is 16.5. The van der Waals surface area contributed by atoms with Gasteiger partial charge >= 0.3 is 11.9 Å². The summed E-state index contributed by atoms with van der Waals surface area (Å²) in [6, 6.07) is 3.94. The van der Waals surface area contributed by atoms with E-state index in [0.717, 1.165) is 10.5 Å². The summed E-state index contributed by atoms with van der Waals surface area (Å²) in [5.41, 5.74) is 6.50. The number of rotatable bonds is 7. The summed E-state index contributed by atoms with van der Waals surface area (Å²) in [6.07, 6.45) is 5.11. The van der Waals surface area contributed by atoms with E-state index in [4.69, 9.17) is 15.2 Å². The molecule has 4 amide bonds. The molecule has 9 heteroatoms. The Morgan fingerprint density at radius 2 is 2.00 bits per heavy atom. The molecule has 0 fully saturated rings. The monoisotopic (exact) mass is 385 g/mol. The molecule has 28 heavy (non-hydrogen) atoms. The number of amides is 4. The van der Waals surface area contributed by atoms with E-state index in [2.05, 4.69) is 4.99 Å². The molecule has 1 unspecified atom stereocenters. The van der Waals surface area contributed by atoms with E-state index in [9.17, 15) is 14.4 Å². The largest absolute Gasteiger partial charge is 0.501 e. The number of primary amides is 1. The third-order valence-electron chi connectivity index (χ3n) is 4.53.